The lowest BCUT2D eigenvalue weighted by Gasteiger charge is -1.98. The molecule has 0 bridgehead atoms. The summed E-state index contributed by atoms with van der Waals surface area (Å²) in [4.78, 5) is 8.22. The highest BCUT2D eigenvalue weighted by Crippen LogP contribution is 2.22. The molecule has 1 aliphatic rings. The minimum absolute atomic E-state index is 0.0381. The van der Waals surface area contributed by atoms with Crippen LogP contribution in [-0.4, -0.2) is 13.4 Å². The first-order chi connectivity index (χ1) is 8.17. The molecule has 0 N–H and O–H groups in total. The van der Waals surface area contributed by atoms with Crippen molar-refractivity contribution in [1.82, 2.24) is 4.98 Å². The monoisotopic (exact) mass is 245 g/mol. The van der Waals surface area contributed by atoms with Gasteiger partial charge in [-0.15, -0.1) is 0 Å². The molecular weight excluding hydrogens is 238 g/mol. The molecule has 3 rings (SSSR count). The molecule has 0 amide bonds. The average Bonchev–Trinajstić information content (AvgIpc) is 2.42. The average molecular weight is 245 g/mol. The highest BCUT2D eigenvalue weighted by Gasteiger charge is 2.19. The Labute approximate surface area is 97.3 Å². The van der Waals surface area contributed by atoms with E-state index in [1.807, 2.05) is 0 Å². The van der Waals surface area contributed by atoms with Crippen LogP contribution in [0.25, 0.3) is 0 Å². The van der Waals surface area contributed by atoms with E-state index in [4.69, 9.17) is 0 Å². The van der Waals surface area contributed by atoms with Crippen molar-refractivity contribution in [3.05, 3.63) is 53.3 Å². The van der Waals surface area contributed by atoms with Crippen LogP contribution in [-0.2, 0) is 10.0 Å². The Morgan fingerprint density at radius 3 is 2.53 bits per heavy atom. The van der Waals surface area contributed by atoms with Crippen molar-refractivity contribution in [2.24, 2.45) is 9.39 Å². The van der Waals surface area contributed by atoms with Gasteiger partial charge in [0.2, 0.25) is 0 Å². The second-order valence-corrected chi connectivity index (χ2v) is 5.06. The van der Waals surface area contributed by atoms with E-state index in [0.29, 0.717) is 10.7 Å². The summed E-state index contributed by atoms with van der Waals surface area (Å²) in [5, 5.41) is 0.846. The van der Waals surface area contributed by atoms with Gasteiger partial charge in [0, 0.05) is 6.20 Å². The van der Waals surface area contributed by atoms with Gasteiger partial charge in [-0.05, 0) is 24.3 Å². The van der Waals surface area contributed by atoms with Crippen molar-refractivity contribution in [3.63, 3.8) is 0 Å². The number of hydrogen-bond acceptors (Lipinski definition) is 4. The van der Waals surface area contributed by atoms with Crippen LogP contribution in [0, 0.1) is 0 Å². The lowest BCUT2D eigenvalue weighted by molar-refractivity contribution is 0.597. The Morgan fingerprint density at radius 1 is 0.941 bits per heavy atom. The molecule has 0 aliphatic carbocycles. The van der Waals surface area contributed by atoms with Crippen LogP contribution in [0.4, 0.5) is 5.82 Å². The molecule has 0 fully saturated rings. The summed E-state index contributed by atoms with van der Waals surface area (Å²) in [6, 6.07) is 9.82. The SMILES string of the molecule is O=S1(=O)N=c2ccccc2=Nc2ncccc21. The van der Waals surface area contributed by atoms with Gasteiger partial charge in [0.15, 0.2) is 5.82 Å². The van der Waals surface area contributed by atoms with E-state index in [1.165, 1.54) is 12.3 Å². The normalized spacial score (nSPS) is 15.8. The van der Waals surface area contributed by atoms with Gasteiger partial charge in [-0.1, -0.05) is 12.1 Å². The van der Waals surface area contributed by atoms with Gasteiger partial charge < -0.3 is 0 Å². The van der Waals surface area contributed by atoms with Gasteiger partial charge in [0.25, 0.3) is 10.0 Å². The Bertz CT molecular complexity index is 813. The molecule has 0 spiro atoms. The van der Waals surface area contributed by atoms with Gasteiger partial charge in [-0.2, -0.15) is 12.8 Å². The number of rotatable bonds is 0. The van der Waals surface area contributed by atoms with Crippen LogP contribution >= 0.6 is 0 Å². The third-order valence-corrected chi connectivity index (χ3v) is 3.67. The quantitative estimate of drug-likeness (QED) is 0.672. The number of nitrogens with zero attached hydrogens (tertiary/aromatic N) is 3. The number of benzene rings is 1. The largest absolute Gasteiger partial charge is 0.286 e. The second kappa shape index (κ2) is 3.46. The summed E-state index contributed by atoms with van der Waals surface area (Å²) in [6.45, 7) is 0. The maximum Gasteiger partial charge on any atom is 0.286 e. The van der Waals surface area contributed by atoms with E-state index in [0.717, 1.165) is 0 Å². The van der Waals surface area contributed by atoms with Crippen molar-refractivity contribution < 1.29 is 8.42 Å². The molecule has 1 aromatic heterocycles. The molecule has 2 heterocycles. The third-order valence-electron chi connectivity index (χ3n) is 2.36. The summed E-state index contributed by atoms with van der Waals surface area (Å²) >= 11 is 0. The Morgan fingerprint density at radius 2 is 1.71 bits per heavy atom. The van der Waals surface area contributed by atoms with E-state index in [2.05, 4.69) is 14.4 Å². The molecule has 0 atom stereocenters. The summed E-state index contributed by atoms with van der Waals surface area (Å²) in [5.41, 5.74) is 0. The predicted octanol–water partition coefficient (Wildman–Crippen LogP) is 0.355. The van der Waals surface area contributed by atoms with E-state index in [9.17, 15) is 8.42 Å². The smallest absolute Gasteiger partial charge is 0.236 e. The van der Waals surface area contributed by atoms with Crippen molar-refractivity contribution in [2.45, 2.75) is 4.90 Å². The fraction of sp³-hybridized carbons (Fsp3) is 0. The van der Waals surface area contributed by atoms with Crippen molar-refractivity contribution >= 4 is 15.8 Å². The molecule has 2 aromatic rings. The van der Waals surface area contributed by atoms with Gasteiger partial charge >= 0.3 is 0 Å². The van der Waals surface area contributed by atoms with Crippen molar-refractivity contribution in [2.75, 3.05) is 0 Å². The van der Waals surface area contributed by atoms with E-state index in [-0.39, 0.29) is 10.7 Å². The van der Waals surface area contributed by atoms with Gasteiger partial charge in [-0.3, -0.25) is 0 Å². The Balaban J connectivity index is 2.55. The van der Waals surface area contributed by atoms with Crippen molar-refractivity contribution in [3.8, 4) is 0 Å². The predicted molar refractivity (Wildman–Crippen MR) is 59.8 cm³/mol. The van der Waals surface area contributed by atoms with Crippen LogP contribution in [0.15, 0.2) is 56.9 Å². The van der Waals surface area contributed by atoms with Gasteiger partial charge in [0.1, 0.15) is 10.3 Å². The molecule has 0 unspecified atom stereocenters. The fourth-order valence-electron chi connectivity index (χ4n) is 1.60. The molecule has 0 saturated carbocycles. The first-order valence-electron chi connectivity index (χ1n) is 4.91. The zero-order valence-corrected chi connectivity index (χ0v) is 9.42. The first kappa shape index (κ1) is 10.1. The lowest BCUT2D eigenvalue weighted by Crippen LogP contribution is -2.24. The molecule has 0 radical (unpaired) electrons. The number of para-hydroxylation sites is 1. The third kappa shape index (κ3) is 1.62. The van der Waals surface area contributed by atoms with Crippen LogP contribution in [0.5, 0.6) is 0 Å². The first-order valence-corrected chi connectivity index (χ1v) is 6.35. The van der Waals surface area contributed by atoms with Crippen LogP contribution in [0.3, 0.4) is 0 Å². The summed E-state index contributed by atoms with van der Waals surface area (Å²) in [5.74, 6) is 0.182. The number of fused-ring (bicyclic) bond motifs is 2. The molecule has 17 heavy (non-hydrogen) atoms. The Kier molecular flexibility index (Phi) is 2.05. The summed E-state index contributed by atoms with van der Waals surface area (Å²) in [7, 11) is -3.72. The maximum absolute atomic E-state index is 12.0. The van der Waals surface area contributed by atoms with Gasteiger partial charge in [0.05, 0.1) is 5.36 Å². The number of sulfonamides is 1. The zero-order chi connectivity index (χ0) is 11.9. The van der Waals surface area contributed by atoms with Crippen molar-refractivity contribution in [1.29, 1.82) is 0 Å². The lowest BCUT2D eigenvalue weighted by atomic mass is 10.3. The highest BCUT2D eigenvalue weighted by molar-refractivity contribution is 7.90. The molecule has 6 heteroatoms. The minimum atomic E-state index is -3.72. The topological polar surface area (TPSA) is 71.8 Å². The molecule has 1 aromatic carbocycles. The van der Waals surface area contributed by atoms with Crippen LogP contribution < -0.4 is 10.7 Å². The minimum Gasteiger partial charge on any atom is -0.236 e. The number of pyridine rings is 1. The van der Waals surface area contributed by atoms with Crippen LogP contribution in [0.1, 0.15) is 0 Å². The second-order valence-electron chi connectivity index (χ2n) is 3.49. The highest BCUT2D eigenvalue weighted by atomic mass is 32.2. The number of hydrogen-bond donors (Lipinski definition) is 0. The van der Waals surface area contributed by atoms with Gasteiger partial charge in [-0.25, -0.2) is 9.98 Å². The molecule has 1 aliphatic heterocycles. The fourth-order valence-corrected chi connectivity index (χ4v) is 2.69. The van der Waals surface area contributed by atoms with Crippen LogP contribution in [0.2, 0.25) is 0 Å². The number of aromatic nitrogens is 1. The van der Waals surface area contributed by atoms with E-state index >= 15 is 0 Å². The molecular formula is C11H7N3O2S. The standard InChI is InChI=1S/C11H7N3O2S/c15-17(16)10-6-3-7-12-11(10)13-8-4-1-2-5-9(8)14-17/h1-7H. The van der Waals surface area contributed by atoms with E-state index in [1.54, 1.807) is 30.3 Å². The maximum atomic E-state index is 12.0. The zero-order valence-electron chi connectivity index (χ0n) is 8.61. The van der Waals surface area contributed by atoms with E-state index < -0.39 is 10.0 Å². The molecule has 84 valence electrons. The molecule has 5 nitrogen and oxygen atoms in total. The summed E-state index contributed by atoms with van der Waals surface area (Å²) < 4.78 is 27.7. The summed E-state index contributed by atoms with van der Waals surface area (Å²) in [6.07, 6.45) is 1.51. The molecule has 0 saturated heterocycles. The Hall–Kier alpha value is -2.08.